The molecule has 4 aromatic carbocycles. The number of amides is 1. The van der Waals surface area contributed by atoms with Gasteiger partial charge in [-0.15, -0.1) is 0 Å². The normalized spacial score (nSPS) is 10.6. The average Bonchev–Trinajstić information content (AvgIpc) is 2.76. The maximum Gasteiger partial charge on any atom is 0.256 e. The van der Waals surface area contributed by atoms with Gasteiger partial charge >= 0.3 is 0 Å². The summed E-state index contributed by atoms with van der Waals surface area (Å²) in [5.41, 5.74) is 1.51. The van der Waals surface area contributed by atoms with Gasteiger partial charge in [0, 0.05) is 11.3 Å². The summed E-state index contributed by atoms with van der Waals surface area (Å²) in [6.07, 6.45) is 0. The van der Waals surface area contributed by atoms with Gasteiger partial charge in [0.05, 0.1) is 0 Å². The SMILES string of the molecule is O=C(Nc1ccccc1)c1ccccc1P(c1ccccc1)c1ccccc1. The Balaban J connectivity index is 1.79. The summed E-state index contributed by atoms with van der Waals surface area (Å²) >= 11 is 0. The molecule has 1 N–H and O–H groups in total. The van der Waals surface area contributed by atoms with Gasteiger partial charge in [0.1, 0.15) is 0 Å². The van der Waals surface area contributed by atoms with Crippen molar-refractivity contribution in [3.05, 3.63) is 121 Å². The third kappa shape index (κ3) is 4.03. The number of hydrogen-bond donors (Lipinski definition) is 1. The minimum atomic E-state index is -0.835. The molecule has 2 nitrogen and oxygen atoms in total. The molecule has 0 saturated heterocycles. The molecule has 0 saturated carbocycles. The van der Waals surface area contributed by atoms with Crippen LogP contribution in [0.3, 0.4) is 0 Å². The first-order valence-corrected chi connectivity index (χ1v) is 10.5. The monoisotopic (exact) mass is 381 g/mol. The lowest BCUT2D eigenvalue weighted by atomic mass is 10.2. The minimum absolute atomic E-state index is 0.0823. The van der Waals surface area contributed by atoms with E-state index in [-0.39, 0.29) is 5.91 Å². The molecule has 0 bridgehead atoms. The molecular weight excluding hydrogens is 361 g/mol. The quantitative estimate of drug-likeness (QED) is 0.499. The van der Waals surface area contributed by atoms with E-state index >= 15 is 0 Å². The molecule has 3 heteroatoms. The number of rotatable bonds is 5. The predicted octanol–water partition coefficient (Wildman–Crippen LogP) is 4.70. The average molecular weight is 381 g/mol. The summed E-state index contributed by atoms with van der Waals surface area (Å²) in [7, 11) is -0.835. The number of hydrogen-bond acceptors (Lipinski definition) is 1. The van der Waals surface area contributed by atoms with Crippen LogP contribution in [-0.4, -0.2) is 5.91 Å². The Labute approximate surface area is 166 Å². The molecule has 28 heavy (non-hydrogen) atoms. The van der Waals surface area contributed by atoms with Crippen LogP contribution in [0.4, 0.5) is 5.69 Å². The molecule has 0 aromatic heterocycles. The molecule has 0 heterocycles. The highest BCUT2D eigenvalue weighted by atomic mass is 31.1. The Morgan fingerprint density at radius 1 is 0.571 bits per heavy atom. The van der Waals surface area contributed by atoms with E-state index in [1.54, 1.807) is 0 Å². The molecule has 0 unspecified atom stereocenters. The Morgan fingerprint density at radius 2 is 1.04 bits per heavy atom. The molecule has 4 aromatic rings. The second-order valence-corrected chi connectivity index (χ2v) is 8.53. The van der Waals surface area contributed by atoms with Crippen LogP contribution < -0.4 is 21.2 Å². The highest BCUT2D eigenvalue weighted by Crippen LogP contribution is 2.34. The number of benzene rings is 4. The van der Waals surface area contributed by atoms with Gasteiger partial charge in [-0.3, -0.25) is 4.79 Å². The number of anilines is 1. The molecule has 1 amide bonds. The molecule has 136 valence electrons. The van der Waals surface area contributed by atoms with Crippen molar-refractivity contribution < 1.29 is 4.79 Å². The Bertz CT molecular complexity index is 1010. The van der Waals surface area contributed by atoms with Gasteiger partial charge in [-0.2, -0.15) is 0 Å². The largest absolute Gasteiger partial charge is 0.322 e. The summed E-state index contributed by atoms with van der Waals surface area (Å²) in [6, 6.07) is 38.3. The Morgan fingerprint density at radius 3 is 1.61 bits per heavy atom. The summed E-state index contributed by atoms with van der Waals surface area (Å²) in [6.45, 7) is 0. The fourth-order valence-electron chi connectivity index (χ4n) is 3.16. The van der Waals surface area contributed by atoms with Crippen LogP contribution in [0, 0.1) is 0 Å². The second-order valence-electron chi connectivity index (χ2n) is 6.34. The van der Waals surface area contributed by atoms with Crippen molar-refractivity contribution in [2.45, 2.75) is 0 Å². The minimum Gasteiger partial charge on any atom is -0.322 e. The van der Waals surface area contributed by atoms with Crippen molar-refractivity contribution in [1.29, 1.82) is 0 Å². The standard InChI is InChI=1S/C25H20NOP/c27-25(26-20-12-4-1-5-13-20)23-18-10-11-19-24(23)28(21-14-6-2-7-15-21)22-16-8-3-9-17-22/h1-19H,(H,26,27). The fourth-order valence-corrected chi connectivity index (χ4v) is 5.61. The summed E-state index contributed by atoms with van der Waals surface area (Å²) in [4.78, 5) is 13.1. The molecule has 0 spiro atoms. The zero-order valence-corrected chi connectivity index (χ0v) is 16.2. The zero-order chi connectivity index (χ0) is 19.2. The number of nitrogens with one attached hydrogen (secondary N) is 1. The summed E-state index contributed by atoms with van der Waals surface area (Å²) in [5.74, 6) is -0.0823. The van der Waals surface area contributed by atoms with Crippen molar-refractivity contribution in [3.63, 3.8) is 0 Å². The van der Waals surface area contributed by atoms with Gasteiger partial charge in [0.25, 0.3) is 5.91 Å². The van der Waals surface area contributed by atoms with Gasteiger partial charge in [0.2, 0.25) is 0 Å². The van der Waals surface area contributed by atoms with Crippen molar-refractivity contribution in [1.82, 2.24) is 0 Å². The molecule has 0 atom stereocenters. The van der Waals surface area contributed by atoms with Crippen LogP contribution in [0.15, 0.2) is 115 Å². The molecule has 0 radical (unpaired) electrons. The van der Waals surface area contributed by atoms with Crippen LogP contribution in [0.2, 0.25) is 0 Å². The topological polar surface area (TPSA) is 29.1 Å². The van der Waals surface area contributed by atoms with Gasteiger partial charge in [-0.25, -0.2) is 0 Å². The van der Waals surface area contributed by atoms with Crippen LogP contribution in [0.5, 0.6) is 0 Å². The van der Waals surface area contributed by atoms with E-state index in [1.165, 1.54) is 10.6 Å². The third-order valence-electron chi connectivity index (χ3n) is 4.45. The van der Waals surface area contributed by atoms with E-state index in [2.05, 4.69) is 59.9 Å². The van der Waals surface area contributed by atoms with Crippen LogP contribution in [0.25, 0.3) is 0 Å². The van der Waals surface area contributed by atoms with E-state index < -0.39 is 7.92 Å². The molecule has 4 rings (SSSR count). The van der Waals surface area contributed by atoms with E-state index in [1.807, 2.05) is 60.7 Å². The van der Waals surface area contributed by atoms with Crippen LogP contribution in [0.1, 0.15) is 10.4 Å². The van der Waals surface area contributed by atoms with Crippen LogP contribution >= 0.6 is 7.92 Å². The molecular formula is C25H20NOP. The zero-order valence-electron chi connectivity index (χ0n) is 15.3. The third-order valence-corrected chi connectivity index (χ3v) is 6.95. The fraction of sp³-hybridized carbons (Fsp3) is 0. The number of para-hydroxylation sites is 1. The van der Waals surface area contributed by atoms with Crippen molar-refractivity contribution in [3.8, 4) is 0 Å². The number of carbonyl (C=O) groups is 1. The Hall–Kier alpha value is -3.22. The van der Waals surface area contributed by atoms with E-state index in [0.29, 0.717) is 5.56 Å². The molecule has 0 aliphatic carbocycles. The van der Waals surface area contributed by atoms with Crippen molar-refractivity contribution in [2.24, 2.45) is 0 Å². The smallest absolute Gasteiger partial charge is 0.256 e. The van der Waals surface area contributed by atoms with Gasteiger partial charge in [-0.1, -0.05) is 97.1 Å². The first-order chi connectivity index (χ1) is 13.8. The van der Waals surface area contributed by atoms with Gasteiger partial charge in [0.15, 0.2) is 0 Å². The van der Waals surface area contributed by atoms with E-state index in [0.717, 1.165) is 11.0 Å². The maximum absolute atomic E-state index is 13.1. The lowest BCUT2D eigenvalue weighted by Gasteiger charge is -2.22. The van der Waals surface area contributed by atoms with Crippen molar-refractivity contribution in [2.75, 3.05) is 5.32 Å². The Kier molecular flexibility index (Phi) is 5.61. The first kappa shape index (κ1) is 18.2. The molecule has 0 aliphatic rings. The summed E-state index contributed by atoms with van der Waals surface area (Å²) in [5, 5.41) is 6.54. The van der Waals surface area contributed by atoms with Crippen LogP contribution in [-0.2, 0) is 0 Å². The lowest BCUT2D eigenvalue weighted by Crippen LogP contribution is -2.27. The highest BCUT2D eigenvalue weighted by Gasteiger charge is 2.22. The van der Waals surface area contributed by atoms with Gasteiger partial charge in [-0.05, 0) is 42.0 Å². The lowest BCUT2D eigenvalue weighted by molar-refractivity contribution is 0.102. The summed E-state index contributed by atoms with van der Waals surface area (Å²) < 4.78 is 0. The maximum atomic E-state index is 13.1. The van der Waals surface area contributed by atoms with Crippen molar-refractivity contribution >= 4 is 35.4 Å². The highest BCUT2D eigenvalue weighted by molar-refractivity contribution is 7.80. The molecule has 0 fully saturated rings. The van der Waals surface area contributed by atoms with Gasteiger partial charge < -0.3 is 5.32 Å². The predicted molar refractivity (Wildman–Crippen MR) is 120 cm³/mol. The second kappa shape index (κ2) is 8.65. The molecule has 0 aliphatic heterocycles. The first-order valence-electron chi connectivity index (χ1n) is 9.18. The number of carbonyl (C=O) groups excluding carboxylic acids is 1. The van der Waals surface area contributed by atoms with E-state index in [9.17, 15) is 4.79 Å². The van der Waals surface area contributed by atoms with E-state index in [4.69, 9.17) is 0 Å².